The summed E-state index contributed by atoms with van der Waals surface area (Å²) in [6.45, 7) is 12.5. The molecule has 7 nitrogen and oxygen atoms in total. The van der Waals surface area contributed by atoms with Crippen LogP contribution in [0, 0.1) is 8.99 Å². The Morgan fingerprint density at radius 1 is 0.951 bits per heavy atom. The predicted molar refractivity (Wildman–Crippen MR) is 176 cm³/mol. The maximum atomic E-state index is 13.6. The lowest BCUT2D eigenvalue weighted by Crippen LogP contribution is -2.33. The zero-order chi connectivity index (χ0) is 30.7. The van der Waals surface area contributed by atoms with Crippen molar-refractivity contribution < 1.29 is 30.0 Å². The molecule has 0 radical (unpaired) electrons. The fourth-order valence-corrected chi connectivity index (χ4v) is 5.74. The number of hydrogen-bond acceptors (Lipinski definition) is 7. The molecule has 2 aliphatic rings. The molecule has 1 aliphatic carbocycles. The second-order valence-corrected chi connectivity index (χ2v) is 11.5. The first kappa shape index (κ1) is 34.5. The van der Waals surface area contributed by atoms with Gasteiger partial charge in [-0.15, -0.1) is 0 Å². The molecule has 0 bridgehead atoms. The van der Waals surface area contributed by atoms with Crippen LogP contribution >= 0.6 is 22.6 Å². The van der Waals surface area contributed by atoms with Gasteiger partial charge in [0.15, 0.2) is 17.3 Å². The van der Waals surface area contributed by atoms with E-state index in [4.69, 9.17) is 20.1 Å². The van der Waals surface area contributed by atoms with Gasteiger partial charge in [0, 0.05) is 43.1 Å². The van der Waals surface area contributed by atoms with E-state index in [0.29, 0.717) is 22.3 Å². The van der Waals surface area contributed by atoms with Crippen LogP contribution in [0.15, 0.2) is 54.1 Å². The number of Topliss-reactive ketones (excluding diaryl/α,β-unsaturated/α-hetero) is 1. The summed E-state index contributed by atoms with van der Waals surface area (Å²) in [6.07, 6.45) is 1.37. The molecule has 3 aromatic carbocycles. The van der Waals surface area contributed by atoms with E-state index < -0.39 is 0 Å². The molecule has 3 aromatic rings. The van der Waals surface area contributed by atoms with Crippen LogP contribution in [0.1, 0.15) is 71.6 Å². The Bertz CT molecular complexity index is 1350. The molecule has 1 heterocycles. The van der Waals surface area contributed by atoms with Crippen molar-refractivity contribution >= 4 is 50.4 Å². The minimum atomic E-state index is -0.282. The number of carbonyl (C=O) groups is 1. The lowest BCUT2D eigenvalue weighted by atomic mass is 9.68. The van der Waals surface area contributed by atoms with Crippen molar-refractivity contribution in [2.45, 2.75) is 60.4 Å². The number of allylic oxidation sites excluding steroid dienone is 1. The van der Waals surface area contributed by atoms with Gasteiger partial charge < -0.3 is 30.5 Å². The third kappa shape index (κ3) is 8.44. The molecule has 8 heteroatoms. The Morgan fingerprint density at radius 2 is 1.56 bits per heavy atom. The van der Waals surface area contributed by atoms with Crippen LogP contribution in [0.4, 0.5) is 5.69 Å². The summed E-state index contributed by atoms with van der Waals surface area (Å²) >= 11 is 2.12. The van der Waals surface area contributed by atoms with E-state index >= 15 is 0 Å². The molecule has 1 atom stereocenters. The SMILES string of the molecule is CCO.CCO.CCO.CCOc1cc(C2Nc3ccc4ccccc4c3C3=C2C(=O)CC(C)(C)C3)cc(I)c1O. The maximum Gasteiger partial charge on any atom is 0.171 e. The lowest BCUT2D eigenvalue weighted by molar-refractivity contribution is -0.118. The van der Waals surface area contributed by atoms with Crippen LogP contribution in [0.5, 0.6) is 11.5 Å². The van der Waals surface area contributed by atoms with Crippen molar-refractivity contribution in [2.75, 3.05) is 31.7 Å². The summed E-state index contributed by atoms with van der Waals surface area (Å²) in [7, 11) is 0. The standard InChI is InChI=1S/C27H26INO3.3C2H6O/c1-4-32-22-12-16(11-19(28)26(22)31)25-24-18(13-27(2,3)14-21(24)30)23-17-8-6-5-7-15(17)9-10-20(23)29-25;3*1-2-3/h5-12,25,29,31H,4,13-14H2,1-3H3;3*3H,2H2,1H3. The number of ketones is 1. The highest BCUT2D eigenvalue weighted by atomic mass is 127. The Morgan fingerprint density at radius 3 is 2.17 bits per heavy atom. The molecule has 0 aromatic heterocycles. The lowest BCUT2D eigenvalue weighted by Gasteiger charge is -2.40. The summed E-state index contributed by atoms with van der Waals surface area (Å²) < 4.78 is 6.40. The van der Waals surface area contributed by atoms with Crippen molar-refractivity contribution in [2.24, 2.45) is 5.41 Å². The van der Waals surface area contributed by atoms with Gasteiger partial charge in [-0.25, -0.2) is 0 Å². The highest BCUT2D eigenvalue weighted by Gasteiger charge is 2.41. The van der Waals surface area contributed by atoms with Gasteiger partial charge in [0.25, 0.3) is 0 Å². The summed E-state index contributed by atoms with van der Waals surface area (Å²) in [4.78, 5) is 13.6. The maximum absolute atomic E-state index is 13.6. The molecule has 224 valence electrons. The summed E-state index contributed by atoms with van der Waals surface area (Å²) in [5, 5.41) is 39.2. The van der Waals surface area contributed by atoms with E-state index in [9.17, 15) is 9.90 Å². The first-order valence-corrected chi connectivity index (χ1v) is 15.1. The molecule has 5 rings (SSSR count). The van der Waals surface area contributed by atoms with Gasteiger partial charge >= 0.3 is 0 Å². The van der Waals surface area contributed by atoms with Crippen molar-refractivity contribution in [3.63, 3.8) is 0 Å². The molecule has 1 unspecified atom stereocenters. The smallest absolute Gasteiger partial charge is 0.171 e. The quantitative estimate of drug-likeness (QED) is 0.193. The molecule has 5 N–H and O–H groups in total. The van der Waals surface area contributed by atoms with Crippen LogP contribution in [0.2, 0.25) is 0 Å². The zero-order valence-corrected chi connectivity index (χ0v) is 27.1. The molecule has 0 saturated carbocycles. The monoisotopic (exact) mass is 677 g/mol. The van der Waals surface area contributed by atoms with Crippen molar-refractivity contribution in [3.05, 3.63) is 68.8 Å². The number of hydrogen-bond donors (Lipinski definition) is 5. The zero-order valence-electron chi connectivity index (χ0n) is 24.9. The van der Waals surface area contributed by atoms with Gasteiger partial charge in [-0.05, 0) is 102 Å². The van der Waals surface area contributed by atoms with Gasteiger partial charge in [0.05, 0.1) is 16.2 Å². The van der Waals surface area contributed by atoms with E-state index in [1.165, 1.54) is 10.8 Å². The highest BCUT2D eigenvalue weighted by molar-refractivity contribution is 14.1. The van der Waals surface area contributed by atoms with Gasteiger partial charge in [-0.1, -0.05) is 44.2 Å². The number of fused-ring (bicyclic) bond motifs is 4. The molecule has 1 aliphatic heterocycles. The second-order valence-electron chi connectivity index (χ2n) is 10.4. The molecular formula is C33H44INO6. The first-order chi connectivity index (χ1) is 19.5. The molecule has 0 fully saturated rings. The third-order valence-electron chi connectivity index (χ3n) is 6.42. The van der Waals surface area contributed by atoms with Gasteiger partial charge in [0.1, 0.15) is 0 Å². The number of nitrogens with one attached hydrogen (secondary N) is 1. The number of aliphatic hydroxyl groups is 3. The second kappa shape index (κ2) is 16.1. The Labute approximate surface area is 257 Å². The van der Waals surface area contributed by atoms with Crippen LogP contribution in [-0.2, 0) is 4.79 Å². The van der Waals surface area contributed by atoms with Crippen molar-refractivity contribution in [3.8, 4) is 11.5 Å². The molecule has 41 heavy (non-hydrogen) atoms. The third-order valence-corrected chi connectivity index (χ3v) is 7.25. The van der Waals surface area contributed by atoms with E-state index in [0.717, 1.165) is 34.4 Å². The van der Waals surface area contributed by atoms with Crippen molar-refractivity contribution in [1.82, 2.24) is 0 Å². The molecule has 0 spiro atoms. The summed E-state index contributed by atoms with van der Waals surface area (Å²) in [5.41, 5.74) is 5.01. The van der Waals surface area contributed by atoms with Crippen LogP contribution in [-0.4, -0.2) is 52.6 Å². The summed E-state index contributed by atoms with van der Waals surface area (Å²) in [5.74, 6) is 0.781. The number of aromatic hydroxyl groups is 1. The molecule has 0 amide bonds. The predicted octanol–water partition coefficient (Wildman–Crippen LogP) is 6.85. The molecular weight excluding hydrogens is 633 g/mol. The number of halogens is 1. The van der Waals surface area contributed by atoms with Crippen molar-refractivity contribution in [1.29, 1.82) is 0 Å². The van der Waals surface area contributed by atoms with Gasteiger partial charge in [-0.2, -0.15) is 0 Å². The average Bonchev–Trinajstić information content (AvgIpc) is 2.91. The topological polar surface area (TPSA) is 119 Å². The first-order valence-electron chi connectivity index (χ1n) is 14.1. The highest BCUT2D eigenvalue weighted by Crippen LogP contribution is 2.52. The van der Waals surface area contributed by atoms with E-state index in [1.54, 1.807) is 20.8 Å². The minimum absolute atomic E-state index is 0.0914. The van der Waals surface area contributed by atoms with E-state index in [-0.39, 0.29) is 42.8 Å². The fourth-order valence-electron chi connectivity index (χ4n) is 5.11. The Balaban J connectivity index is 0.000000582. The van der Waals surface area contributed by atoms with Gasteiger partial charge in [-0.3, -0.25) is 4.79 Å². The molecule has 0 saturated heterocycles. The average molecular weight is 678 g/mol. The number of ether oxygens (including phenoxy) is 1. The van der Waals surface area contributed by atoms with Crippen LogP contribution in [0.3, 0.4) is 0 Å². The Kier molecular flexibility index (Phi) is 13.6. The number of phenols is 1. The number of anilines is 1. The number of aliphatic hydroxyl groups excluding tert-OH is 3. The minimum Gasteiger partial charge on any atom is -0.504 e. The normalized spacial score (nSPS) is 16.4. The van der Waals surface area contributed by atoms with Crippen LogP contribution < -0.4 is 10.1 Å². The Hall–Kier alpha value is -2.66. The van der Waals surface area contributed by atoms with Gasteiger partial charge in [0.2, 0.25) is 0 Å². The largest absolute Gasteiger partial charge is 0.504 e. The van der Waals surface area contributed by atoms with Crippen LogP contribution in [0.25, 0.3) is 16.3 Å². The number of rotatable bonds is 3. The number of phenolic OH excluding ortho intramolecular Hbond substituents is 1. The summed E-state index contributed by atoms with van der Waals surface area (Å²) in [6, 6.07) is 16.1. The van der Waals surface area contributed by atoms with E-state index in [1.807, 2.05) is 25.1 Å². The van der Waals surface area contributed by atoms with E-state index in [2.05, 4.69) is 72.1 Å². The fraction of sp³-hybridized carbons (Fsp3) is 0.424. The number of benzene rings is 3. The number of carbonyl (C=O) groups excluding carboxylic acids is 1.